The van der Waals surface area contributed by atoms with Gasteiger partial charge in [-0.2, -0.15) is 0 Å². The molecule has 0 aliphatic carbocycles. The van der Waals surface area contributed by atoms with Gasteiger partial charge in [0.2, 0.25) is 5.88 Å². The van der Waals surface area contributed by atoms with Gasteiger partial charge in [-0.05, 0) is 32.4 Å². The van der Waals surface area contributed by atoms with Crippen LogP contribution in [0.5, 0.6) is 5.88 Å². The van der Waals surface area contributed by atoms with Gasteiger partial charge in [-0.15, -0.1) is 0 Å². The van der Waals surface area contributed by atoms with Crippen LogP contribution in [0.25, 0.3) is 0 Å². The van der Waals surface area contributed by atoms with E-state index in [4.69, 9.17) is 9.47 Å². The Morgan fingerprint density at radius 2 is 2.30 bits per heavy atom. The van der Waals surface area contributed by atoms with Crippen molar-refractivity contribution >= 4 is 5.97 Å². The van der Waals surface area contributed by atoms with Crippen molar-refractivity contribution in [2.45, 2.75) is 38.8 Å². The average molecular weight is 278 g/mol. The molecule has 1 fully saturated rings. The zero-order chi connectivity index (χ0) is 14.4. The summed E-state index contributed by atoms with van der Waals surface area (Å²) in [5, 5.41) is 0. The van der Waals surface area contributed by atoms with Gasteiger partial charge >= 0.3 is 5.97 Å². The van der Waals surface area contributed by atoms with E-state index in [0.29, 0.717) is 19.0 Å². The number of ether oxygens (including phenoxy) is 2. The van der Waals surface area contributed by atoms with Crippen LogP contribution >= 0.6 is 0 Å². The van der Waals surface area contributed by atoms with Gasteiger partial charge < -0.3 is 9.47 Å². The van der Waals surface area contributed by atoms with Gasteiger partial charge in [-0.1, -0.05) is 12.5 Å². The van der Waals surface area contributed by atoms with E-state index in [0.717, 1.165) is 31.5 Å². The second kappa shape index (κ2) is 7.24. The highest BCUT2D eigenvalue weighted by molar-refractivity contribution is 5.75. The number of hydrogen-bond acceptors (Lipinski definition) is 5. The number of piperidine rings is 1. The molecule has 0 saturated carbocycles. The first kappa shape index (κ1) is 14.8. The molecular formula is C15H22N2O3. The highest BCUT2D eigenvalue weighted by Crippen LogP contribution is 2.21. The Kier molecular flexibility index (Phi) is 5.35. The van der Waals surface area contributed by atoms with Crippen molar-refractivity contribution in [3.8, 4) is 5.88 Å². The van der Waals surface area contributed by atoms with Gasteiger partial charge in [0, 0.05) is 12.6 Å². The number of carbonyl (C=O) groups is 1. The normalized spacial score (nSPS) is 19.6. The van der Waals surface area contributed by atoms with E-state index in [1.54, 1.807) is 7.11 Å². The van der Waals surface area contributed by atoms with Crippen LogP contribution in [0, 0.1) is 0 Å². The fourth-order valence-electron chi connectivity index (χ4n) is 2.55. The van der Waals surface area contributed by atoms with Crippen LogP contribution in [0.15, 0.2) is 18.2 Å². The van der Waals surface area contributed by atoms with Gasteiger partial charge in [0.1, 0.15) is 6.04 Å². The Labute approximate surface area is 119 Å². The predicted octanol–water partition coefficient (Wildman–Crippen LogP) is 2.01. The van der Waals surface area contributed by atoms with E-state index in [1.807, 2.05) is 25.1 Å². The summed E-state index contributed by atoms with van der Waals surface area (Å²) in [6.45, 7) is 3.83. The van der Waals surface area contributed by atoms with Crippen molar-refractivity contribution in [1.29, 1.82) is 0 Å². The molecule has 2 rings (SSSR count). The number of nitrogens with zero attached hydrogens (tertiary/aromatic N) is 2. The second-order valence-corrected chi connectivity index (χ2v) is 4.91. The van der Waals surface area contributed by atoms with Crippen LogP contribution in [0.4, 0.5) is 0 Å². The van der Waals surface area contributed by atoms with Gasteiger partial charge in [-0.25, -0.2) is 4.98 Å². The van der Waals surface area contributed by atoms with Crippen molar-refractivity contribution in [3.05, 3.63) is 23.9 Å². The number of hydrogen-bond donors (Lipinski definition) is 0. The summed E-state index contributed by atoms with van der Waals surface area (Å²) in [7, 11) is 1.61. The molecule has 1 unspecified atom stereocenters. The SMILES string of the molecule is CCOC(=O)C1CCCCN1Cc1cccc(OC)n1. The molecule has 5 heteroatoms. The summed E-state index contributed by atoms with van der Waals surface area (Å²) in [6.07, 6.45) is 3.05. The smallest absolute Gasteiger partial charge is 0.323 e. The maximum absolute atomic E-state index is 12.0. The minimum absolute atomic E-state index is 0.116. The average Bonchev–Trinajstić information content (AvgIpc) is 2.48. The third-order valence-electron chi connectivity index (χ3n) is 3.53. The predicted molar refractivity (Wildman–Crippen MR) is 75.5 cm³/mol. The maximum Gasteiger partial charge on any atom is 0.323 e. The molecule has 1 atom stereocenters. The summed E-state index contributed by atoms with van der Waals surface area (Å²) in [6, 6.07) is 5.56. The lowest BCUT2D eigenvalue weighted by molar-refractivity contribution is -0.151. The summed E-state index contributed by atoms with van der Waals surface area (Å²) in [5.41, 5.74) is 0.917. The zero-order valence-corrected chi connectivity index (χ0v) is 12.2. The van der Waals surface area contributed by atoms with Crippen LogP contribution in [-0.4, -0.2) is 42.2 Å². The molecule has 0 bridgehead atoms. The van der Waals surface area contributed by atoms with E-state index in [2.05, 4.69) is 9.88 Å². The minimum Gasteiger partial charge on any atom is -0.481 e. The largest absolute Gasteiger partial charge is 0.481 e. The number of aromatic nitrogens is 1. The van der Waals surface area contributed by atoms with Gasteiger partial charge in [0.25, 0.3) is 0 Å². The van der Waals surface area contributed by atoms with E-state index < -0.39 is 0 Å². The fraction of sp³-hybridized carbons (Fsp3) is 0.600. The van der Waals surface area contributed by atoms with Crippen molar-refractivity contribution in [3.63, 3.8) is 0 Å². The summed E-state index contributed by atoms with van der Waals surface area (Å²) >= 11 is 0. The van der Waals surface area contributed by atoms with Gasteiger partial charge in [0.15, 0.2) is 0 Å². The lowest BCUT2D eigenvalue weighted by Crippen LogP contribution is -2.45. The standard InChI is InChI=1S/C15H22N2O3/c1-3-20-15(18)13-8-4-5-10-17(13)11-12-7-6-9-14(16-12)19-2/h6-7,9,13H,3-5,8,10-11H2,1-2H3. The summed E-state index contributed by atoms with van der Waals surface area (Å²) < 4.78 is 10.3. The van der Waals surface area contributed by atoms with E-state index >= 15 is 0 Å². The molecule has 0 aromatic carbocycles. The van der Waals surface area contributed by atoms with Crippen molar-refractivity contribution in [2.75, 3.05) is 20.3 Å². The van der Waals surface area contributed by atoms with Gasteiger partial charge in [-0.3, -0.25) is 9.69 Å². The molecule has 0 spiro atoms. The fourth-order valence-corrected chi connectivity index (χ4v) is 2.55. The quantitative estimate of drug-likeness (QED) is 0.771. The second-order valence-electron chi connectivity index (χ2n) is 4.91. The highest BCUT2D eigenvalue weighted by atomic mass is 16.5. The number of likely N-dealkylation sites (tertiary alicyclic amines) is 1. The van der Waals surface area contributed by atoms with Crippen LogP contribution in [0.3, 0.4) is 0 Å². The summed E-state index contributed by atoms with van der Waals surface area (Å²) in [4.78, 5) is 18.6. The van der Waals surface area contributed by atoms with Crippen LogP contribution in [0.1, 0.15) is 31.9 Å². The monoisotopic (exact) mass is 278 g/mol. The molecule has 1 aromatic rings. The number of rotatable bonds is 5. The Bertz CT molecular complexity index is 450. The molecule has 110 valence electrons. The Morgan fingerprint density at radius 1 is 1.45 bits per heavy atom. The number of esters is 1. The molecule has 1 saturated heterocycles. The van der Waals surface area contributed by atoms with E-state index in [-0.39, 0.29) is 12.0 Å². The molecule has 0 amide bonds. The third kappa shape index (κ3) is 3.70. The lowest BCUT2D eigenvalue weighted by atomic mass is 10.0. The highest BCUT2D eigenvalue weighted by Gasteiger charge is 2.29. The first-order valence-corrected chi connectivity index (χ1v) is 7.15. The first-order valence-electron chi connectivity index (χ1n) is 7.15. The molecule has 20 heavy (non-hydrogen) atoms. The molecule has 2 heterocycles. The van der Waals surface area contributed by atoms with Crippen molar-refractivity contribution < 1.29 is 14.3 Å². The Hall–Kier alpha value is -1.62. The van der Waals surface area contributed by atoms with E-state index in [9.17, 15) is 4.79 Å². The topological polar surface area (TPSA) is 51.7 Å². The molecule has 5 nitrogen and oxygen atoms in total. The third-order valence-corrected chi connectivity index (χ3v) is 3.53. The Morgan fingerprint density at radius 3 is 3.05 bits per heavy atom. The Balaban J connectivity index is 2.06. The molecule has 1 aliphatic heterocycles. The molecule has 0 radical (unpaired) electrons. The molecular weight excluding hydrogens is 256 g/mol. The summed E-state index contributed by atoms with van der Waals surface area (Å²) in [5.74, 6) is 0.488. The number of pyridine rings is 1. The van der Waals surface area contributed by atoms with Crippen molar-refractivity contribution in [1.82, 2.24) is 9.88 Å². The maximum atomic E-state index is 12.0. The molecule has 1 aromatic heterocycles. The lowest BCUT2D eigenvalue weighted by Gasteiger charge is -2.33. The van der Waals surface area contributed by atoms with Gasteiger partial charge in [0.05, 0.1) is 19.4 Å². The van der Waals surface area contributed by atoms with E-state index in [1.165, 1.54) is 0 Å². The zero-order valence-electron chi connectivity index (χ0n) is 12.2. The molecule has 0 N–H and O–H groups in total. The van der Waals surface area contributed by atoms with Crippen LogP contribution in [0.2, 0.25) is 0 Å². The van der Waals surface area contributed by atoms with Crippen LogP contribution < -0.4 is 4.74 Å². The number of carbonyl (C=O) groups excluding carboxylic acids is 1. The van der Waals surface area contributed by atoms with Crippen LogP contribution in [-0.2, 0) is 16.1 Å². The number of methoxy groups -OCH3 is 1. The molecule has 1 aliphatic rings. The minimum atomic E-state index is -0.142. The van der Waals surface area contributed by atoms with Crippen molar-refractivity contribution in [2.24, 2.45) is 0 Å². The first-order chi connectivity index (χ1) is 9.74.